The van der Waals surface area contributed by atoms with Crippen LogP contribution < -0.4 is 9.47 Å². The van der Waals surface area contributed by atoms with E-state index in [1.807, 2.05) is 0 Å². The first-order valence-corrected chi connectivity index (χ1v) is 13.1. The Hall–Kier alpha value is -1.80. The molecule has 31 heavy (non-hydrogen) atoms. The van der Waals surface area contributed by atoms with Crippen LogP contribution in [0.5, 0.6) is 11.5 Å². The predicted octanol–water partition coefficient (Wildman–Crippen LogP) is 3.43. The number of carbonyl (C=O) groups excluding carboxylic acids is 1. The third-order valence-corrected chi connectivity index (χ3v) is 8.69. The van der Waals surface area contributed by atoms with Crippen LogP contribution in [0, 0.1) is 5.92 Å². The van der Waals surface area contributed by atoms with Gasteiger partial charge in [0.05, 0.1) is 18.1 Å². The van der Waals surface area contributed by atoms with Crippen molar-refractivity contribution in [2.75, 3.05) is 32.8 Å². The quantitative estimate of drug-likeness (QED) is 0.687. The molecule has 1 amide bonds. The van der Waals surface area contributed by atoms with E-state index in [9.17, 15) is 13.2 Å². The Morgan fingerprint density at radius 3 is 2.35 bits per heavy atom. The Labute approximate surface area is 185 Å². The fourth-order valence-electron chi connectivity index (χ4n) is 5.02. The lowest BCUT2D eigenvalue weighted by Crippen LogP contribution is -2.48. The second kappa shape index (κ2) is 9.77. The van der Waals surface area contributed by atoms with Crippen molar-refractivity contribution < 1.29 is 22.7 Å². The standard InChI is InChI=1S/C23H34N2O5S/c1-2-25(19-7-4-3-5-8-19)23(26)18-11-13-24(14-12-18)31(27,28)20-9-10-21-22(17-20)30-16-6-15-29-21/h9-10,17-19H,2-8,11-16H2,1H3. The molecule has 1 aliphatic carbocycles. The van der Waals surface area contributed by atoms with Crippen molar-refractivity contribution in [3.63, 3.8) is 0 Å². The summed E-state index contributed by atoms with van der Waals surface area (Å²) in [6, 6.07) is 5.18. The van der Waals surface area contributed by atoms with Crippen molar-refractivity contribution in [3.8, 4) is 11.5 Å². The minimum absolute atomic E-state index is 0.0860. The predicted molar refractivity (Wildman–Crippen MR) is 118 cm³/mol. The van der Waals surface area contributed by atoms with Crippen LogP contribution in [0.3, 0.4) is 0 Å². The van der Waals surface area contributed by atoms with Gasteiger partial charge in [0.1, 0.15) is 0 Å². The van der Waals surface area contributed by atoms with Gasteiger partial charge in [0, 0.05) is 44.1 Å². The van der Waals surface area contributed by atoms with E-state index in [1.165, 1.54) is 23.6 Å². The summed E-state index contributed by atoms with van der Waals surface area (Å²) in [5, 5.41) is 0. The Morgan fingerprint density at radius 1 is 1.00 bits per heavy atom. The summed E-state index contributed by atoms with van der Waals surface area (Å²) in [6.45, 7) is 4.61. The minimum atomic E-state index is -3.63. The highest BCUT2D eigenvalue weighted by atomic mass is 32.2. The number of fused-ring (bicyclic) bond motifs is 1. The zero-order valence-corrected chi connectivity index (χ0v) is 19.2. The van der Waals surface area contributed by atoms with Crippen LogP contribution in [0.25, 0.3) is 0 Å². The van der Waals surface area contributed by atoms with E-state index in [2.05, 4.69) is 11.8 Å². The first-order chi connectivity index (χ1) is 15.0. The molecule has 3 aliphatic rings. The number of benzene rings is 1. The number of sulfonamides is 1. The number of rotatable bonds is 5. The molecule has 172 valence electrons. The Morgan fingerprint density at radius 2 is 1.68 bits per heavy atom. The van der Waals surface area contributed by atoms with E-state index in [4.69, 9.17) is 9.47 Å². The Bertz CT molecular complexity index is 874. The molecule has 1 saturated heterocycles. The largest absolute Gasteiger partial charge is 0.490 e. The summed E-state index contributed by atoms with van der Waals surface area (Å²) in [6.07, 6.45) is 7.76. The van der Waals surface area contributed by atoms with Gasteiger partial charge in [-0.3, -0.25) is 4.79 Å². The molecule has 0 N–H and O–H groups in total. The van der Waals surface area contributed by atoms with Crippen LogP contribution >= 0.6 is 0 Å². The van der Waals surface area contributed by atoms with E-state index < -0.39 is 10.0 Å². The molecular weight excluding hydrogens is 416 g/mol. The highest BCUT2D eigenvalue weighted by Gasteiger charge is 2.35. The van der Waals surface area contributed by atoms with Crippen molar-refractivity contribution in [3.05, 3.63) is 18.2 Å². The van der Waals surface area contributed by atoms with Gasteiger partial charge in [-0.1, -0.05) is 19.3 Å². The molecule has 0 unspecified atom stereocenters. The SMILES string of the molecule is CCN(C(=O)C1CCN(S(=O)(=O)c2ccc3c(c2)OCCCO3)CC1)C1CCCCC1. The Balaban J connectivity index is 1.40. The van der Waals surface area contributed by atoms with Gasteiger partial charge in [-0.05, 0) is 44.7 Å². The van der Waals surface area contributed by atoms with Gasteiger partial charge in [-0.25, -0.2) is 8.42 Å². The number of hydrogen-bond donors (Lipinski definition) is 0. The van der Waals surface area contributed by atoms with Gasteiger partial charge in [0.25, 0.3) is 0 Å². The average Bonchev–Trinajstić information content (AvgIpc) is 3.05. The van der Waals surface area contributed by atoms with Crippen LogP contribution in [0.2, 0.25) is 0 Å². The van der Waals surface area contributed by atoms with E-state index in [0.29, 0.717) is 56.7 Å². The Kier molecular flexibility index (Phi) is 7.06. The highest BCUT2D eigenvalue weighted by molar-refractivity contribution is 7.89. The van der Waals surface area contributed by atoms with E-state index in [1.54, 1.807) is 18.2 Å². The molecule has 4 rings (SSSR count). The first kappa shape index (κ1) is 22.4. The van der Waals surface area contributed by atoms with Gasteiger partial charge < -0.3 is 14.4 Å². The van der Waals surface area contributed by atoms with E-state index >= 15 is 0 Å². The molecule has 8 heteroatoms. The molecule has 1 aromatic rings. The molecule has 2 aliphatic heterocycles. The van der Waals surface area contributed by atoms with Gasteiger partial charge in [-0.2, -0.15) is 4.31 Å². The van der Waals surface area contributed by atoms with Gasteiger partial charge in [0.15, 0.2) is 11.5 Å². The summed E-state index contributed by atoms with van der Waals surface area (Å²) in [5.41, 5.74) is 0. The number of nitrogens with zero attached hydrogens (tertiary/aromatic N) is 2. The van der Waals surface area contributed by atoms with Gasteiger partial charge in [-0.15, -0.1) is 0 Å². The van der Waals surface area contributed by atoms with Crippen molar-refractivity contribution in [2.45, 2.75) is 69.2 Å². The molecular formula is C23H34N2O5S. The summed E-state index contributed by atoms with van der Waals surface area (Å²) in [7, 11) is -3.63. The third kappa shape index (κ3) is 4.85. The van der Waals surface area contributed by atoms with Crippen LogP contribution in [0.15, 0.2) is 23.1 Å². The van der Waals surface area contributed by atoms with Gasteiger partial charge >= 0.3 is 0 Å². The first-order valence-electron chi connectivity index (χ1n) is 11.7. The summed E-state index contributed by atoms with van der Waals surface area (Å²) in [5.74, 6) is 1.19. The molecule has 1 aromatic carbocycles. The summed E-state index contributed by atoms with van der Waals surface area (Å²) in [4.78, 5) is 15.5. The number of piperidine rings is 1. The number of hydrogen-bond acceptors (Lipinski definition) is 5. The molecule has 2 fully saturated rings. The molecule has 1 saturated carbocycles. The molecule has 0 spiro atoms. The number of amides is 1. The fourth-order valence-corrected chi connectivity index (χ4v) is 6.50. The van der Waals surface area contributed by atoms with Crippen molar-refractivity contribution >= 4 is 15.9 Å². The van der Waals surface area contributed by atoms with E-state index in [0.717, 1.165) is 25.8 Å². The average molecular weight is 451 g/mol. The molecule has 0 radical (unpaired) electrons. The normalized spacial score (nSPS) is 21.5. The zero-order valence-electron chi connectivity index (χ0n) is 18.4. The number of carbonyl (C=O) groups is 1. The van der Waals surface area contributed by atoms with Crippen LogP contribution in [0.4, 0.5) is 0 Å². The molecule has 0 bridgehead atoms. The maximum atomic E-state index is 13.2. The van der Waals surface area contributed by atoms with Crippen LogP contribution in [-0.4, -0.2) is 62.4 Å². The van der Waals surface area contributed by atoms with Crippen LogP contribution in [-0.2, 0) is 14.8 Å². The second-order valence-electron chi connectivity index (χ2n) is 8.75. The van der Waals surface area contributed by atoms with Crippen molar-refractivity contribution in [1.82, 2.24) is 9.21 Å². The van der Waals surface area contributed by atoms with Crippen molar-refractivity contribution in [1.29, 1.82) is 0 Å². The van der Waals surface area contributed by atoms with Gasteiger partial charge in [0.2, 0.25) is 15.9 Å². The van der Waals surface area contributed by atoms with Crippen molar-refractivity contribution in [2.24, 2.45) is 5.92 Å². The lowest BCUT2D eigenvalue weighted by molar-refractivity contribution is -0.139. The maximum absolute atomic E-state index is 13.2. The molecule has 7 nitrogen and oxygen atoms in total. The second-order valence-corrected chi connectivity index (χ2v) is 10.7. The van der Waals surface area contributed by atoms with E-state index in [-0.39, 0.29) is 16.7 Å². The van der Waals surface area contributed by atoms with Crippen LogP contribution in [0.1, 0.15) is 58.3 Å². The topological polar surface area (TPSA) is 76.2 Å². The smallest absolute Gasteiger partial charge is 0.243 e. The lowest BCUT2D eigenvalue weighted by Gasteiger charge is -2.38. The molecule has 0 atom stereocenters. The molecule has 0 aromatic heterocycles. The summed E-state index contributed by atoms with van der Waals surface area (Å²) >= 11 is 0. The highest BCUT2D eigenvalue weighted by Crippen LogP contribution is 2.34. The monoisotopic (exact) mass is 450 g/mol. The fraction of sp³-hybridized carbons (Fsp3) is 0.696. The summed E-state index contributed by atoms with van der Waals surface area (Å²) < 4.78 is 39.2. The molecule has 2 heterocycles. The maximum Gasteiger partial charge on any atom is 0.243 e. The number of ether oxygens (including phenoxy) is 2. The lowest BCUT2D eigenvalue weighted by atomic mass is 9.91. The zero-order chi connectivity index (χ0) is 21.8. The minimum Gasteiger partial charge on any atom is -0.490 e. The third-order valence-electron chi connectivity index (χ3n) is 6.80.